The van der Waals surface area contributed by atoms with E-state index in [9.17, 15) is 10.2 Å². The Morgan fingerprint density at radius 1 is 0.518 bits per heavy atom. The summed E-state index contributed by atoms with van der Waals surface area (Å²) in [4.78, 5) is 20.6. The fraction of sp³-hybridized carbons (Fsp3) is 0.273. The van der Waals surface area contributed by atoms with Crippen molar-refractivity contribution in [3.05, 3.63) is 140 Å². The maximum absolute atomic E-state index is 9.29. The molecule has 0 saturated heterocycles. The molecule has 8 bridgehead atoms. The molecule has 7 rings (SSSR count). The first kappa shape index (κ1) is 39.7. The minimum atomic E-state index is -0.500. The van der Waals surface area contributed by atoms with Crippen LogP contribution in [0, 0.1) is 0 Å². The van der Waals surface area contributed by atoms with E-state index in [0.717, 1.165) is 31.2 Å². The van der Waals surface area contributed by atoms with E-state index >= 15 is 0 Å². The van der Waals surface area contributed by atoms with Crippen LogP contribution < -0.4 is 9.47 Å². The minimum Gasteiger partial charge on any atom is -0.464 e. The molecule has 0 amide bonds. The molecule has 12 heteroatoms. The lowest BCUT2D eigenvalue weighted by molar-refractivity contribution is -0.0846. The molecule has 0 saturated carbocycles. The summed E-state index contributed by atoms with van der Waals surface area (Å²) >= 11 is 7.69. The van der Waals surface area contributed by atoms with Gasteiger partial charge >= 0.3 is 0 Å². The number of rotatable bonds is 16. The smallest absolute Gasteiger partial charge is 0.199 e. The number of hydrogen-bond donors (Lipinski definition) is 2. The molecular weight excluding hydrogens is 840 g/mol. The quantitative estimate of drug-likeness (QED) is 0.128. The molecule has 2 unspecified atom stereocenters. The van der Waals surface area contributed by atoms with Gasteiger partial charge < -0.3 is 29.2 Å². The van der Waals surface area contributed by atoms with Crippen molar-refractivity contribution in [3.8, 4) is 11.5 Å². The molecule has 10 nitrogen and oxygen atoms in total. The monoisotopic (exact) mass is 880 g/mol. The largest absolute Gasteiger partial charge is 0.464 e. The molecule has 0 aliphatic carbocycles. The summed E-state index contributed by atoms with van der Waals surface area (Å²) in [5.74, 6) is 1.26. The van der Waals surface area contributed by atoms with Crippen LogP contribution in [0.15, 0.2) is 149 Å². The molecule has 0 radical (unpaired) electrons. The molecule has 56 heavy (non-hydrogen) atoms. The summed E-state index contributed by atoms with van der Waals surface area (Å²) < 4.78 is 26.3. The maximum Gasteiger partial charge on any atom is 0.199 e. The predicted molar refractivity (Wildman–Crippen MR) is 230 cm³/mol. The summed E-state index contributed by atoms with van der Waals surface area (Å²) in [5, 5.41) is 18.6. The van der Waals surface area contributed by atoms with Gasteiger partial charge in [0.15, 0.2) is 12.6 Å². The second-order valence-corrected chi connectivity index (χ2v) is 14.6. The Labute approximate surface area is 343 Å². The summed E-state index contributed by atoms with van der Waals surface area (Å²) in [7, 11) is 0. The van der Waals surface area contributed by atoms with Gasteiger partial charge in [-0.15, -0.1) is 0 Å². The topological polar surface area (TPSA) is 127 Å². The fourth-order valence-electron chi connectivity index (χ4n) is 6.44. The Hall–Kier alpha value is -4.56. The van der Waals surface area contributed by atoms with Crippen molar-refractivity contribution in [2.24, 2.45) is 20.0 Å². The Morgan fingerprint density at radius 2 is 0.893 bits per heavy atom. The molecule has 5 aliphatic rings. The van der Waals surface area contributed by atoms with Gasteiger partial charge in [0.1, 0.15) is 11.5 Å². The van der Waals surface area contributed by atoms with Gasteiger partial charge in [-0.25, -0.2) is 20.0 Å². The van der Waals surface area contributed by atoms with Crippen LogP contribution in [-0.2, 0) is 9.47 Å². The first-order valence-electron chi connectivity index (χ1n) is 18.8. The molecule has 0 spiro atoms. The van der Waals surface area contributed by atoms with E-state index < -0.39 is 12.6 Å². The van der Waals surface area contributed by atoms with Crippen LogP contribution >= 0.6 is 31.9 Å². The van der Waals surface area contributed by atoms with Crippen molar-refractivity contribution in [2.75, 3.05) is 26.4 Å². The number of benzene rings is 2. The van der Waals surface area contributed by atoms with E-state index in [4.69, 9.17) is 38.9 Å². The SMILES string of the molecule is CCC(OCCCO)Oc1ccccc1C1=C2C=CC(=N2)C(Br)=C2C=CC(=N2)C(c2ccccc2OC(CC)OCCCO)=C2C=CC(=N2)C(Br)=C2C=CC1=N2. The van der Waals surface area contributed by atoms with Gasteiger partial charge in [-0.2, -0.15) is 0 Å². The zero-order valence-electron chi connectivity index (χ0n) is 31.1. The van der Waals surface area contributed by atoms with E-state index in [2.05, 4.69) is 31.9 Å². The van der Waals surface area contributed by atoms with Crippen LogP contribution in [0.1, 0.15) is 50.7 Å². The molecule has 0 fully saturated rings. The number of aliphatic imine (C=N–C) groups is 4. The first-order chi connectivity index (χ1) is 27.4. The third kappa shape index (κ3) is 8.71. The predicted octanol–water partition coefficient (Wildman–Crippen LogP) is 9.11. The molecule has 288 valence electrons. The second kappa shape index (κ2) is 18.6. The van der Waals surface area contributed by atoms with Gasteiger partial charge in [0.25, 0.3) is 0 Å². The fourth-order valence-corrected chi connectivity index (χ4v) is 7.32. The van der Waals surface area contributed by atoms with Gasteiger partial charge in [0, 0.05) is 48.3 Å². The normalized spacial score (nSPS) is 18.2. The van der Waals surface area contributed by atoms with Crippen LogP contribution in [0.5, 0.6) is 11.5 Å². The minimum absolute atomic E-state index is 0.0497. The highest BCUT2D eigenvalue weighted by Gasteiger charge is 2.28. The number of halogens is 2. The first-order valence-corrected chi connectivity index (χ1v) is 20.3. The average molecular weight is 883 g/mol. The van der Waals surface area contributed by atoms with Crippen molar-refractivity contribution in [1.29, 1.82) is 0 Å². The molecule has 2 atom stereocenters. The average Bonchev–Trinajstić information content (AvgIpc) is 4.07. The number of allylic oxidation sites excluding steroid dienone is 12. The van der Waals surface area contributed by atoms with E-state index in [1.807, 2.05) is 111 Å². The van der Waals surface area contributed by atoms with E-state index in [-0.39, 0.29) is 13.2 Å². The highest BCUT2D eigenvalue weighted by atomic mass is 79.9. The van der Waals surface area contributed by atoms with Gasteiger partial charge in [-0.3, -0.25) is 0 Å². The van der Waals surface area contributed by atoms with E-state index in [1.54, 1.807) is 0 Å². The molecule has 2 N–H and O–H groups in total. The third-order valence-electron chi connectivity index (χ3n) is 9.19. The van der Waals surface area contributed by atoms with Gasteiger partial charge in [0.2, 0.25) is 0 Å². The standard InChI is InChI=1S/C44H42Br2N4O6/c1-3-39(53-25-9-23-51)55-37-13-7-5-11-27(37)41-29-15-19-33(47-29)43(45)35-21-17-31(49-35)42(32-18-22-36(50-32)44(46)34-20-16-30(41)48-34)28-12-6-8-14-38(28)56-40(4-2)54-26-10-24-52/h5-8,11-22,39-40,51-52H,3-4,9-10,23-26H2,1-2H3. The zero-order valence-corrected chi connectivity index (χ0v) is 34.3. The number of para-hydroxylation sites is 2. The molecule has 2 aromatic carbocycles. The number of fused-ring (bicyclic) bond motifs is 4. The van der Waals surface area contributed by atoms with Crippen molar-refractivity contribution in [1.82, 2.24) is 0 Å². The zero-order chi connectivity index (χ0) is 39.0. The maximum atomic E-state index is 9.29. The summed E-state index contributed by atoms with van der Waals surface area (Å²) in [6, 6.07) is 15.6. The summed E-state index contributed by atoms with van der Waals surface area (Å²) in [6.07, 6.45) is 17.1. The van der Waals surface area contributed by atoms with Gasteiger partial charge in [0.05, 0.1) is 67.8 Å². The van der Waals surface area contributed by atoms with Crippen molar-refractivity contribution >= 4 is 65.9 Å². The molecule has 0 aromatic heterocycles. The van der Waals surface area contributed by atoms with Crippen LogP contribution in [0.3, 0.4) is 0 Å². The lowest BCUT2D eigenvalue weighted by Crippen LogP contribution is -2.21. The second-order valence-electron chi connectivity index (χ2n) is 13.0. The Kier molecular flexibility index (Phi) is 13.2. The van der Waals surface area contributed by atoms with E-state index in [0.29, 0.717) is 96.0 Å². The van der Waals surface area contributed by atoms with Crippen molar-refractivity contribution in [2.45, 2.75) is 52.1 Å². The number of aliphatic hydroxyl groups is 2. The third-order valence-corrected chi connectivity index (χ3v) is 10.8. The van der Waals surface area contributed by atoms with Crippen LogP contribution in [-0.4, -0.2) is 72.1 Å². The van der Waals surface area contributed by atoms with Crippen LogP contribution in [0.4, 0.5) is 0 Å². The van der Waals surface area contributed by atoms with E-state index in [1.165, 1.54) is 0 Å². The Balaban J connectivity index is 1.35. The number of aliphatic hydroxyl groups excluding tert-OH is 2. The highest BCUT2D eigenvalue weighted by molar-refractivity contribution is 9.12. The number of ether oxygens (including phenoxy) is 4. The van der Waals surface area contributed by atoms with Crippen molar-refractivity contribution in [3.63, 3.8) is 0 Å². The molecule has 5 aliphatic heterocycles. The highest BCUT2D eigenvalue weighted by Crippen LogP contribution is 2.40. The molecular formula is C44H42Br2N4O6. The number of hydrogen-bond acceptors (Lipinski definition) is 10. The lowest BCUT2D eigenvalue weighted by Gasteiger charge is -2.21. The van der Waals surface area contributed by atoms with Gasteiger partial charge in [-0.05, 0) is 105 Å². The molecule has 2 aromatic rings. The Morgan fingerprint density at radius 3 is 1.30 bits per heavy atom. The van der Waals surface area contributed by atoms with Crippen LogP contribution in [0.25, 0.3) is 11.1 Å². The van der Waals surface area contributed by atoms with Crippen LogP contribution in [0.2, 0.25) is 0 Å². The Bertz CT molecular complexity index is 2100. The van der Waals surface area contributed by atoms with Gasteiger partial charge in [-0.1, -0.05) is 50.2 Å². The van der Waals surface area contributed by atoms with Crippen molar-refractivity contribution < 1.29 is 29.2 Å². The summed E-state index contributed by atoms with van der Waals surface area (Å²) in [6.45, 7) is 4.88. The number of nitrogens with zero attached hydrogens (tertiary/aromatic N) is 4. The summed E-state index contributed by atoms with van der Waals surface area (Å²) in [5.41, 5.74) is 8.86. The lowest BCUT2D eigenvalue weighted by atomic mass is 9.97. The molecule has 5 heterocycles.